The van der Waals surface area contributed by atoms with Gasteiger partial charge in [-0.15, -0.1) is 0 Å². The number of nitrogens with zero attached hydrogens (tertiary/aromatic N) is 5. The predicted octanol–water partition coefficient (Wildman–Crippen LogP) is 1.16. The Labute approximate surface area is 119 Å². The van der Waals surface area contributed by atoms with Crippen molar-refractivity contribution < 1.29 is 4.74 Å². The first-order valence-corrected chi connectivity index (χ1v) is 6.74. The zero-order valence-corrected chi connectivity index (χ0v) is 12.3. The summed E-state index contributed by atoms with van der Waals surface area (Å²) in [6.45, 7) is 3.93. The van der Waals surface area contributed by atoms with E-state index in [0.717, 1.165) is 25.9 Å². The van der Waals surface area contributed by atoms with Crippen LogP contribution in [0.2, 0.25) is 0 Å². The number of piperidine rings is 1. The number of rotatable bonds is 2. The van der Waals surface area contributed by atoms with Crippen molar-refractivity contribution in [1.29, 1.82) is 0 Å². The molecule has 1 aromatic heterocycles. The van der Waals surface area contributed by atoms with Crippen molar-refractivity contribution in [2.45, 2.75) is 25.8 Å². The van der Waals surface area contributed by atoms with E-state index in [4.69, 9.17) is 10.5 Å². The molecule has 0 atom stereocenters. The lowest BCUT2D eigenvalue weighted by molar-refractivity contribution is 0.212. The first-order chi connectivity index (χ1) is 9.58. The molecule has 1 fully saturated rings. The molecule has 0 radical (unpaired) electrons. The van der Waals surface area contributed by atoms with E-state index in [9.17, 15) is 0 Å². The second-order valence-corrected chi connectivity index (χ2v) is 5.02. The zero-order chi connectivity index (χ0) is 14.5. The van der Waals surface area contributed by atoms with Crippen LogP contribution in [0.5, 0.6) is 0 Å². The normalized spacial score (nSPS) is 19.4. The Kier molecular flexibility index (Phi) is 4.73. The fraction of sp³-hybridized carbons (Fsp3) is 0.615. The highest BCUT2D eigenvalue weighted by molar-refractivity contribution is 5.92. The van der Waals surface area contributed by atoms with Crippen LogP contribution in [0.1, 0.15) is 25.8 Å². The van der Waals surface area contributed by atoms with Gasteiger partial charge in [0.25, 0.3) is 0 Å². The summed E-state index contributed by atoms with van der Waals surface area (Å²) >= 11 is 0. The van der Waals surface area contributed by atoms with Crippen molar-refractivity contribution in [3.05, 3.63) is 12.4 Å². The number of aromatic nitrogens is 2. The van der Waals surface area contributed by atoms with Crippen molar-refractivity contribution in [2.24, 2.45) is 15.7 Å². The Balaban J connectivity index is 2.04. The number of methoxy groups -OCH3 is 1. The summed E-state index contributed by atoms with van der Waals surface area (Å²) in [5.41, 5.74) is 6.44. The summed E-state index contributed by atoms with van der Waals surface area (Å²) in [5, 5.41) is 4.37. The van der Waals surface area contributed by atoms with Crippen LogP contribution in [-0.2, 0) is 4.74 Å². The molecule has 0 saturated carbocycles. The van der Waals surface area contributed by atoms with Crippen molar-refractivity contribution >= 4 is 17.5 Å². The number of ether oxygens (including phenoxy) is 1. The molecule has 0 aliphatic carbocycles. The number of guanidine groups is 1. The van der Waals surface area contributed by atoms with Gasteiger partial charge >= 0.3 is 0 Å². The van der Waals surface area contributed by atoms with Gasteiger partial charge in [-0.05, 0) is 33.0 Å². The van der Waals surface area contributed by atoms with Crippen molar-refractivity contribution in [3.8, 4) is 0 Å². The first-order valence-electron chi connectivity index (χ1n) is 6.74. The molecule has 0 spiro atoms. The summed E-state index contributed by atoms with van der Waals surface area (Å²) in [4.78, 5) is 10.5. The molecule has 7 heteroatoms. The van der Waals surface area contributed by atoms with E-state index in [1.54, 1.807) is 20.2 Å². The fourth-order valence-corrected chi connectivity index (χ4v) is 2.21. The van der Waals surface area contributed by atoms with Gasteiger partial charge in [-0.2, -0.15) is 10.1 Å². The quantitative estimate of drug-likeness (QED) is 0.650. The molecule has 7 nitrogen and oxygen atoms in total. The molecule has 1 aliphatic heterocycles. The zero-order valence-electron chi connectivity index (χ0n) is 12.3. The second-order valence-electron chi connectivity index (χ2n) is 5.02. The minimum absolute atomic E-state index is 0.173. The van der Waals surface area contributed by atoms with Crippen molar-refractivity contribution in [3.63, 3.8) is 0 Å². The van der Waals surface area contributed by atoms with Crippen LogP contribution in [0.15, 0.2) is 22.4 Å². The minimum Gasteiger partial charge on any atom is -0.484 e. The van der Waals surface area contributed by atoms with E-state index in [-0.39, 0.29) is 5.96 Å². The fourth-order valence-electron chi connectivity index (χ4n) is 2.21. The molecule has 0 bridgehead atoms. The molecular formula is C13H22N6O. The predicted molar refractivity (Wildman–Crippen MR) is 79.4 cm³/mol. The van der Waals surface area contributed by atoms with E-state index in [1.165, 1.54) is 0 Å². The number of likely N-dealkylation sites (tertiary alicyclic amines) is 1. The molecule has 1 aromatic rings. The van der Waals surface area contributed by atoms with Crippen molar-refractivity contribution in [2.75, 3.05) is 27.2 Å². The van der Waals surface area contributed by atoms with Gasteiger partial charge in [-0.3, -0.25) is 4.68 Å². The molecule has 2 N–H and O–H groups in total. The lowest BCUT2D eigenvalue weighted by Gasteiger charge is -2.28. The smallest absolute Gasteiger partial charge is 0.223 e. The Bertz CT molecular complexity index is 499. The standard InChI is InChI=1S/C13H22N6O/c1-10(20-3)16-13(14)17-11-8-15-19(9-11)12-4-6-18(2)7-5-12/h8-9,12H,4-7H2,1-3H3,(H2,14,17). The number of nitrogens with two attached hydrogens (primary N) is 1. The number of aliphatic imine (C=N–C) groups is 2. The lowest BCUT2D eigenvalue weighted by Crippen LogP contribution is -2.31. The highest BCUT2D eigenvalue weighted by atomic mass is 16.5. The van der Waals surface area contributed by atoms with Gasteiger partial charge in [0.15, 0.2) is 5.90 Å². The molecule has 1 saturated heterocycles. The van der Waals surface area contributed by atoms with Gasteiger partial charge in [-0.25, -0.2) is 4.99 Å². The lowest BCUT2D eigenvalue weighted by atomic mass is 10.1. The maximum Gasteiger partial charge on any atom is 0.223 e. The third-order valence-electron chi connectivity index (χ3n) is 3.46. The van der Waals surface area contributed by atoms with E-state index >= 15 is 0 Å². The maximum absolute atomic E-state index is 5.73. The Morgan fingerprint density at radius 3 is 2.80 bits per heavy atom. The van der Waals surface area contributed by atoms with E-state index < -0.39 is 0 Å². The Morgan fingerprint density at radius 1 is 1.45 bits per heavy atom. The molecule has 2 rings (SSSR count). The molecule has 1 aliphatic rings. The Morgan fingerprint density at radius 2 is 2.15 bits per heavy atom. The largest absolute Gasteiger partial charge is 0.484 e. The highest BCUT2D eigenvalue weighted by Gasteiger charge is 2.18. The van der Waals surface area contributed by atoms with Gasteiger partial charge in [0.2, 0.25) is 5.96 Å². The van der Waals surface area contributed by atoms with Crippen LogP contribution in [-0.4, -0.2) is 53.8 Å². The number of hydrogen-bond donors (Lipinski definition) is 1. The van der Waals surface area contributed by atoms with Gasteiger partial charge in [0, 0.05) is 6.92 Å². The maximum atomic E-state index is 5.73. The summed E-state index contributed by atoms with van der Waals surface area (Å²) < 4.78 is 6.91. The van der Waals surface area contributed by atoms with Crippen LogP contribution in [0.3, 0.4) is 0 Å². The molecular weight excluding hydrogens is 256 g/mol. The first kappa shape index (κ1) is 14.5. The van der Waals surface area contributed by atoms with Crippen LogP contribution in [0.4, 0.5) is 5.69 Å². The molecule has 20 heavy (non-hydrogen) atoms. The summed E-state index contributed by atoms with van der Waals surface area (Å²) in [7, 11) is 3.69. The topological polar surface area (TPSA) is 81.0 Å². The molecule has 0 aromatic carbocycles. The number of hydrogen-bond acceptors (Lipinski definition) is 4. The minimum atomic E-state index is 0.173. The summed E-state index contributed by atoms with van der Waals surface area (Å²) in [6.07, 6.45) is 5.85. The van der Waals surface area contributed by atoms with E-state index in [0.29, 0.717) is 17.6 Å². The van der Waals surface area contributed by atoms with Gasteiger partial charge in [-0.1, -0.05) is 0 Å². The summed E-state index contributed by atoms with van der Waals surface area (Å²) in [6, 6.07) is 0.445. The van der Waals surface area contributed by atoms with Crippen LogP contribution in [0.25, 0.3) is 0 Å². The summed E-state index contributed by atoms with van der Waals surface area (Å²) in [5.74, 6) is 0.654. The Hall–Kier alpha value is -1.89. The van der Waals surface area contributed by atoms with Crippen molar-refractivity contribution in [1.82, 2.24) is 14.7 Å². The average molecular weight is 278 g/mol. The van der Waals surface area contributed by atoms with Gasteiger partial charge < -0.3 is 15.4 Å². The van der Waals surface area contributed by atoms with E-state index in [2.05, 4.69) is 27.0 Å². The van der Waals surface area contributed by atoms with Crippen LogP contribution < -0.4 is 5.73 Å². The van der Waals surface area contributed by atoms with Crippen LogP contribution in [0, 0.1) is 0 Å². The molecule has 2 heterocycles. The van der Waals surface area contributed by atoms with E-state index in [1.807, 2.05) is 10.9 Å². The van der Waals surface area contributed by atoms with Gasteiger partial charge in [0.05, 0.1) is 25.5 Å². The molecule has 0 amide bonds. The SMILES string of the molecule is COC(C)=NC(N)=Nc1cnn(C2CCN(C)CC2)c1. The van der Waals surface area contributed by atoms with Gasteiger partial charge in [0.1, 0.15) is 5.69 Å². The molecule has 110 valence electrons. The highest BCUT2D eigenvalue weighted by Crippen LogP contribution is 2.23. The average Bonchev–Trinajstić information content (AvgIpc) is 2.87. The van der Waals surface area contributed by atoms with Crippen LogP contribution >= 0.6 is 0 Å². The third kappa shape index (κ3) is 3.80. The monoisotopic (exact) mass is 278 g/mol. The molecule has 0 unspecified atom stereocenters. The third-order valence-corrected chi connectivity index (χ3v) is 3.46. The second kappa shape index (κ2) is 6.51.